The smallest absolute Gasteiger partial charge is 0.245 e. The van der Waals surface area contributed by atoms with Gasteiger partial charge in [-0.25, -0.2) is 0 Å². The number of carbonyl (C=O) groups is 4. The van der Waals surface area contributed by atoms with Crippen molar-refractivity contribution in [2.45, 2.75) is 76.9 Å². The molecule has 2 aromatic rings. The van der Waals surface area contributed by atoms with Gasteiger partial charge in [0.1, 0.15) is 17.8 Å². The first-order valence-corrected chi connectivity index (χ1v) is 17.2. The number of aliphatic hydroxyl groups excluding tert-OH is 1. The summed E-state index contributed by atoms with van der Waals surface area (Å²) in [4.78, 5) is 54.2. The Kier molecular flexibility index (Phi) is 17.2. The van der Waals surface area contributed by atoms with Gasteiger partial charge in [-0.3, -0.25) is 19.2 Å². The molecular formula is C34H51N5O6S. The summed E-state index contributed by atoms with van der Waals surface area (Å²) >= 11 is 1.52. The summed E-state index contributed by atoms with van der Waals surface area (Å²) in [5.74, 6) is -1.04. The predicted molar refractivity (Wildman–Crippen MR) is 182 cm³/mol. The number of carbonyl (C=O) groups excluding carboxylic acids is 4. The largest absolute Gasteiger partial charge is 0.508 e. The van der Waals surface area contributed by atoms with Crippen molar-refractivity contribution >= 4 is 35.4 Å². The maximum absolute atomic E-state index is 13.4. The molecule has 0 unspecified atom stereocenters. The number of benzene rings is 2. The summed E-state index contributed by atoms with van der Waals surface area (Å²) in [5.41, 5.74) is 9.60. The van der Waals surface area contributed by atoms with Crippen molar-refractivity contribution in [3.63, 3.8) is 0 Å². The number of rotatable bonds is 20. The van der Waals surface area contributed by atoms with E-state index in [2.05, 4.69) is 16.0 Å². The average molecular weight is 658 g/mol. The molecule has 0 bridgehead atoms. The number of phenols is 1. The van der Waals surface area contributed by atoms with Crippen LogP contribution in [-0.2, 0) is 32.0 Å². The van der Waals surface area contributed by atoms with Crippen molar-refractivity contribution in [2.75, 3.05) is 38.8 Å². The molecule has 0 fully saturated rings. The Labute approximate surface area is 277 Å². The van der Waals surface area contributed by atoms with Gasteiger partial charge in [0.25, 0.3) is 0 Å². The summed E-state index contributed by atoms with van der Waals surface area (Å²) < 4.78 is 0. The van der Waals surface area contributed by atoms with E-state index in [1.807, 2.05) is 50.4 Å². The molecular weight excluding hydrogens is 606 g/mol. The Bertz CT molecular complexity index is 1250. The van der Waals surface area contributed by atoms with Crippen LogP contribution in [0.15, 0.2) is 42.5 Å². The van der Waals surface area contributed by atoms with Gasteiger partial charge < -0.3 is 36.8 Å². The van der Waals surface area contributed by atoms with Crippen molar-refractivity contribution in [1.29, 1.82) is 0 Å². The Morgan fingerprint density at radius 1 is 0.913 bits per heavy atom. The Hall–Kier alpha value is -3.61. The highest BCUT2D eigenvalue weighted by molar-refractivity contribution is 7.98. The van der Waals surface area contributed by atoms with Crippen molar-refractivity contribution in [3.05, 3.63) is 64.7 Å². The predicted octanol–water partition coefficient (Wildman–Crippen LogP) is 1.97. The topological polar surface area (TPSA) is 174 Å². The highest BCUT2D eigenvalue weighted by Crippen LogP contribution is 2.22. The molecule has 0 heterocycles. The lowest BCUT2D eigenvalue weighted by Gasteiger charge is -2.25. The van der Waals surface area contributed by atoms with Crippen molar-refractivity contribution in [2.24, 2.45) is 5.73 Å². The van der Waals surface area contributed by atoms with E-state index in [1.165, 1.54) is 11.8 Å². The number of nitrogens with zero attached hydrogens (tertiary/aromatic N) is 1. The number of amides is 4. The van der Waals surface area contributed by atoms with Gasteiger partial charge in [0, 0.05) is 26.6 Å². The van der Waals surface area contributed by atoms with Gasteiger partial charge in [0.2, 0.25) is 23.6 Å². The molecule has 46 heavy (non-hydrogen) atoms. The number of hydrogen-bond donors (Lipinski definition) is 6. The molecule has 0 spiro atoms. The molecule has 0 saturated heterocycles. The Morgan fingerprint density at radius 2 is 1.57 bits per heavy atom. The van der Waals surface area contributed by atoms with E-state index in [-0.39, 0.29) is 31.2 Å². The number of nitrogens with one attached hydrogen (secondary N) is 3. The highest BCUT2D eigenvalue weighted by atomic mass is 32.2. The van der Waals surface area contributed by atoms with Crippen molar-refractivity contribution in [3.8, 4) is 5.75 Å². The maximum Gasteiger partial charge on any atom is 0.245 e. The summed E-state index contributed by atoms with van der Waals surface area (Å²) in [7, 11) is 1.70. The quantitative estimate of drug-likeness (QED) is 0.117. The third kappa shape index (κ3) is 13.4. The first-order chi connectivity index (χ1) is 22.0. The van der Waals surface area contributed by atoms with Gasteiger partial charge >= 0.3 is 0 Å². The fraction of sp³-hybridized carbons (Fsp3) is 0.529. The number of likely N-dealkylation sites (N-methyl/N-ethyl adjacent to an activating group) is 1. The van der Waals surface area contributed by atoms with Gasteiger partial charge in [-0.1, -0.05) is 43.2 Å². The molecule has 7 N–H and O–H groups in total. The van der Waals surface area contributed by atoms with Crippen LogP contribution in [0.3, 0.4) is 0 Å². The molecule has 11 nitrogen and oxygen atoms in total. The number of thioether (sulfide) groups is 1. The van der Waals surface area contributed by atoms with E-state index in [0.717, 1.165) is 47.9 Å². The molecule has 2 aromatic carbocycles. The number of aryl methyl sites for hydroxylation is 2. The normalized spacial score (nSPS) is 12.9. The van der Waals surface area contributed by atoms with E-state index >= 15 is 0 Å². The Morgan fingerprint density at radius 3 is 2.20 bits per heavy atom. The zero-order chi connectivity index (χ0) is 34.1. The van der Waals surface area contributed by atoms with Gasteiger partial charge in [-0.2, -0.15) is 11.8 Å². The summed E-state index contributed by atoms with van der Waals surface area (Å²) in [6, 6.07) is 9.96. The zero-order valence-corrected chi connectivity index (χ0v) is 28.3. The molecule has 0 aliphatic carbocycles. The number of aliphatic hydroxyl groups is 1. The van der Waals surface area contributed by atoms with Gasteiger partial charge in [-0.15, -0.1) is 0 Å². The molecule has 0 radical (unpaired) electrons. The molecule has 3 atom stereocenters. The number of phenolic OH excluding ortho intramolecular Hbond substituents is 1. The number of hydrogen-bond acceptors (Lipinski definition) is 8. The lowest BCUT2D eigenvalue weighted by molar-refractivity contribution is -0.135. The van der Waals surface area contributed by atoms with E-state index in [1.54, 1.807) is 24.1 Å². The third-order valence-electron chi connectivity index (χ3n) is 7.80. The van der Waals surface area contributed by atoms with Gasteiger partial charge in [-0.05, 0) is 85.9 Å². The van der Waals surface area contributed by atoms with Crippen LogP contribution in [0.2, 0.25) is 0 Å². The van der Waals surface area contributed by atoms with Crippen LogP contribution in [0.1, 0.15) is 54.4 Å². The summed E-state index contributed by atoms with van der Waals surface area (Å²) in [5, 5.41) is 26.9. The minimum Gasteiger partial charge on any atom is -0.508 e. The molecule has 4 amide bonds. The molecule has 0 saturated carbocycles. The van der Waals surface area contributed by atoms with Crippen molar-refractivity contribution in [1.82, 2.24) is 20.9 Å². The number of nitrogens with two attached hydrogens (primary N) is 1. The van der Waals surface area contributed by atoms with Crippen LogP contribution >= 0.6 is 11.8 Å². The molecule has 0 aromatic heterocycles. The molecule has 2 rings (SSSR count). The summed E-state index contributed by atoms with van der Waals surface area (Å²) in [6.45, 7) is 3.97. The molecule has 254 valence electrons. The third-order valence-corrected chi connectivity index (χ3v) is 8.45. The first kappa shape index (κ1) is 38.6. The van der Waals surface area contributed by atoms with E-state index in [0.29, 0.717) is 25.1 Å². The van der Waals surface area contributed by atoms with Crippen LogP contribution in [0.4, 0.5) is 0 Å². The zero-order valence-electron chi connectivity index (χ0n) is 27.5. The minimum absolute atomic E-state index is 0.141. The minimum atomic E-state index is -0.925. The maximum atomic E-state index is 13.4. The monoisotopic (exact) mass is 657 g/mol. The van der Waals surface area contributed by atoms with E-state index in [9.17, 15) is 24.3 Å². The second-order valence-corrected chi connectivity index (χ2v) is 12.6. The van der Waals surface area contributed by atoms with Crippen LogP contribution in [0.5, 0.6) is 5.75 Å². The second kappa shape index (κ2) is 20.5. The fourth-order valence-corrected chi connectivity index (χ4v) is 5.64. The van der Waals surface area contributed by atoms with Crippen LogP contribution in [-0.4, -0.2) is 95.6 Å². The second-order valence-electron chi connectivity index (χ2n) is 11.6. The lowest BCUT2D eigenvalue weighted by atomic mass is 9.96. The van der Waals surface area contributed by atoms with Crippen molar-refractivity contribution < 1.29 is 29.4 Å². The average Bonchev–Trinajstić information content (AvgIpc) is 3.02. The van der Waals surface area contributed by atoms with Crippen LogP contribution < -0.4 is 21.7 Å². The lowest BCUT2D eigenvalue weighted by Crippen LogP contribution is -2.55. The molecule has 12 heteroatoms. The standard InChI is InChI=1S/C34H51N5O6S/c1-23-18-26(41)19-24(2)27(23)21-28(35)32(43)38-29(14-17-46-4)33(44)36-22-31(42)37-30(20-25-12-8-7-9-13-25)34(45)39(3)15-10-5-6-11-16-40/h7-9,12-13,18-19,28-30,40-41H,5-6,10-11,14-17,20-22,35H2,1-4H3,(H,36,44)(H,37,42)(H,38,43)/t28-,29-,30+/m1/s1. The number of unbranched alkanes of at least 4 members (excludes halogenated alkanes) is 3. The molecule has 0 aliphatic rings. The Balaban J connectivity index is 2.02. The van der Waals surface area contributed by atoms with Crippen LogP contribution in [0, 0.1) is 13.8 Å². The highest BCUT2D eigenvalue weighted by Gasteiger charge is 2.27. The van der Waals surface area contributed by atoms with Gasteiger partial charge in [0.15, 0.2) is 0 Å². The van der Waals surface area contributed by atoms with E-state index < -0.39 is 35.8 Å². The number of aromatic hydroxyl groups is 1. The van der Waals surface area contributed by atoms with Crippen LogP contribution in [0.25, 0.3) is 0 Å². The first-order valence-electron chi connectivity index (χ1n) is 15.8. The fourth-order valence-electron chi connectivity index (χ4n) is 5.16. The molecule has 0 aliphatic heterocycles. The van der Waals surface area contributed by atoms with E-state index in [4.69, 9.17) is 10.8 Å². The van der Waals surface area contributed by atoms with Gasteiger partial charge in [0.05, 0.1) is 12.6 Å². The summed E-state index contributed by atoms with van der Waals surface area (Å²) in [6.07, 6.45) is 6.02. The SMILES string of the molecule is CSCC[C@@H](NC(=O)[C@H](N)Cc1c(C)cc(O)cc1C)C(=O)NCC(=O)N[C@@H](Cc1ccccc1)C(=O)N(C)CCCCCCO.